The first-order chi connectivity index (χ1) is 13.2. The van der Waals surface area contributed by atoms with Crippen molar-refractivity contribution in [2.75, 3.05) is 32.7 Å². The number of hydroxylamine groups is 2. The van der Waals surface area contributed by atoms with Crippen LogP contribution in [0.3, 0.4) is 0 Å². The predicted octanol–water partition coefficient (Wildman–Crippen LogP) is -1.34. The summed E-state index contributed by atoms with van der Waals surface area (Å²) in [6, 6.07) is -1.38. The number of nitrogens with one attached hydrogen (secondary N) is 1. The molecule has 1 unspecified atom stereocenters. The Morgan fingerprint density at radius 3 is 2.43 bits per heavy atom. The number of rotatable bonds is 7. The highest BCUT2D eigenvalue weighted by Crippen LogP contribution is 2.27. The largest absolute Gasteiger partial charge is 0.724 e. The number of aromatic nitrogens is 2. The molecule has 1 aromatic rings. The molecule has 0 radical (unpaired) electrons. The molecule has 2 N–H and O–H groups in total. The number of amides is 2. The number of fused-ring (bicyclic) bond motifs is 2. The van der Waals surface area contributed by atoms with Gasteiger partial charge in [-0.1, -0.05) is 0 Å². The fraction of sp³-hybridized carbons (Fsp3) is 0.625. The maximum absolute atomic E-state index is 11.9. The van der Waals surface area contributed by atoms with Gasteiger partial charge in [-0.3, -0.25) is 0 Å². The molecule has 1 atom stereocenters. The Hall–Kier alpha value is -1.99. The van der Waals surface area contributed by atoms with Crippen LogP contribution in [0.4, 0.5) is 4.79 Å². The van der Waals surface area contributed by atoms with Crippen LogP contribution in [-0.4, -0.2) is 82.6 Å². The third-order valence-corrected chi connectivity index (χ3v) is 5.03. The molecule has 0 aromatic carbocycles. The monoisotopic (exact) mass is 417 g/mol. The molecule has 2 bridgehead atoms. The second-order valence-corrected chi connectivity index (χ2v) is 7.42. The van der Waals surface area contributed by atoms with Crippen LogP contribution in [0.1, 0.15) is 26.3 Å². The first-order valence-corrected chi connectivity index (χ1v) is 10.5. The van der Waals surface area contributed by atoms with E-state index in [0.29, 0.717) is 16.3 Å². The quantitative estimate of drug-likeness (QED) is 0.414. The van der Waals surface area contributed by atoms with Crippen molar-refractivity contribution in [1.82, 2.24) is 19.7 Å². The van der Waals surface area contributed by atoms with Gasteiger partial charge in [0.05, 0.1) is 44.7 Å². The van der Waals surface area contributed by atoms with Gasteiger partial charge in [-0.25, -0.2) is 17.9 Å². The van der Waals surface area contributed by atoms with Crippen molar-refractivity contribution in [3.05, 3.63) is 24.0 Å². The molecule has 1 aromatic heterocycles. The Labute approximate surface area is 164 Å². The van der Waals surface area contributed by atoms with E-state index in [1.54, 1.807) is 17.2 Å². The summed E-state index contributed by atoms with van der Waals surface area (Å²) >= 11 is 0. The second kappa shape index (κ2) is 9.47. The Balaban J connectivity index is 0.000000345. The van der Waals surface area contributed by atoms with E-state index in [0.717, 1.165) is 0 Å². The summed E-state index contributed by atoms with van der Waals surface area (Å²) in [5.41, 5.74) is 1.22. The van der Waals surface area contributed by atoms with Crippen molar-refractivity contribution < 1.29 is 32.1 Å². The molecule has 3 rings (SSSR count). The highest BCUT2D eigenvalue weighted by molar-refractivity contribution is 7.80. The van der Waals surface area contributed by atoms with Gasteiger partial charge < -0.3 is 19.5 Å². The molecule has 2 aliphatic rings. The normalized spacial score (nSPS) is 19.0. The van der Waals surface area contributed by atoms with Gasteiger partial charge in [-0.15, -0.1) is 0 Å². The lowest BCUT2D eigenvalue weighted by atomic mass is 10.2. The van der Waals surface area contributed by atoms with Gasteiger partial charge in [0.15, 0.2) is 0 Å². The van der Waals surface area contributed by atoms with Gasteiger partial charge in [0, 0.05) is 18.3 Å². The molecule has 1 saturated heterocycles. The van der Waals surface area contributed by atoms with Gasteiger partial charge in [0.2, 0.25) is 10.4 Å². The minimum Gasteiger partial charge on any atom is -0.724 e. The fourth-order valence-electron chi connectivity index (χ4n) is 3.07. The molecule has 2 amide bonds. The molecule has 0 saturated carbocycles. The molecule has 11 nitrogen and oxygen atoms in total. The average molecular weight is 417 g/mol. The standard InChI is InChI=1S/C10H12N4O6S.C6H15N/c15-6-7-2-11-13(3-7)8-1-9-5-12(4-8)10(16)14(9)20-21(17,18)19;1-4-7(5-2)6-3/h1-3,9,15H,4-6H2,(H,17,18,19);4-6H2,1-3H3. The zero-order valence-electron chi connectivity index (χ0n) is 16.2. The molecule has 0 aliphatic carbocycles. The van der Waals surface area contributed by atoms with E-state index in [-0.39, 0.29) is 19.7 Å². The van der Waals surface area contributed by atoms with Crippen LogP contribution in [0, 0.1) is 0 Å². The van der Waals surface area contributed by atoms with Crippen molar-refractivity contribution in [3.63, 3.8) is 0 Å². The van der Waals surface area contributed by atoms with Crippen molar-refractivity contribution in [2.45, 2.75) is 33.4 Å². The highest BCUT2D eigenvalue weighted by Gasteiger charge is 2.42. The van der Waals surface area contributed by atoms with Crippen LogP contribution in [0.5, 0.6) is 0 Å². The molecule has 1 fully saturated rings. The fourth-order valence-corrected chi connectivity index (χ4v) is 3.44. The highest BCUT2D eigenvalue weighted by atomic mass is 32.3. The number of urea groups is 1. The summed E-state index contributed by atoms with van der Waals surface area (Å²) in [5.74, 6) is 0. The Morgan fingerprint density at radius 2 is 1.96 bits per heavy atom. The van der Waals surface area contributed by atoms with E-state index in [2.05, 4.69) is 30.2 Å². The third kappa shape index (κ3) is 5.52. The van der Waals surface area contributed by atoms with Gasteiger partial charge in [0.1, 0.15) is 6.04 Å². The van der Waals surface area contributed by atoms with Crippen LogP contribution in [0.15, 0.2) is 18.5 Å². The zero-order chi connectivity index (χ0) is 20.9. The minimum absolute atomic E-state index is 0.164. The molecule has 12 heteroatoms. The lowest BCUT2D eigenvalue weighted by Crippen LogP contribution is -3.11. The second-order valence-electron chi connectivity index (χ2n) is 6.46. The summed E-state index contributed by atoms with van der Waals surface area (Å²) in [6.07, 6.45) is 4.67. The zero-order valence-corrected chi connectivity index (χ0v) is 17.1. The van der Waals surface area contributed by atoms with Gasteiger partial charge in [0.25, 0.3) is 0 Å². The average Bonchev–Trinajstić information content (AvgIpc) is 3.22. The van der Waals surface area contributed by atoms with Crippen LogP contribution in [0.25, 0.3) is 5.70 Å². The number of quaternary nitrogens is 1. The van der Waals surface area contributed by atoms with E-state index in [1.807, 2.05) is 0 Å². The van der Waals surface area contributed by atoms with Crippen molar-refractivity contribution >= 4 is 22.1 Å². The first-order valence-electron chi connectivity index (χ1n) is 9.14. The van der Waals surface area contributed by atoms with Crippen LogP contribution >= 0.6 is 0 Å². The minimum atomic E-state index is -5.02. The van der Waals surface area contributed by atoms with Crippen molar-refractivity contribution in [2.24, 2.45) is 0 Å². The Morgan fingerprint density at radius 1 is 1.32 bits per heavy atom. The van der Waals surface area contributed by atoms with E-state index in [4.69, 9.17) is 5.11 Å². The van der Waals surface area contributed by atoms with Crippen molar-refractivity contribution in [3.8, 4) is 0 Å². The summed E-state index contributed by atoms with van der Waals surface area (Å²) in [7, 11) is -5.02. The molecule has 3 heterocycles. The third-order valence-electron chi connectivity index (χ3n) is 4.69. The number of nitrogens with zero attached hydrogens (tertiary/aromatic N) is 4. The van der Waals surface area contributed by atoms with E-state index >= 15 is 0 Å². The number of hydrogen-bond acceptors (Lipinski definition) is 7. The van der Waals surface area contributed by atoms with Gasteiger partial charge in [-0.2, -0.15) is 14.4 Å². The number of aliphatic hydroxyl groups is 1. The van der Waals surface area contributed by atoms with Gasteiger partial charge >= 0.3 is 6.03 Å². The molecular weight excluding hydrogens is 390 g/mol. The van der Waals surface area contributed by atoms with Crippen LogP contribution < -0.4 is 4.90 Å². The number of carbonyl (C=O) groups is 1. The smallest absolute Gasteiger partial charge is 0.346 e. The summed E-state index contributed by atoms with van der Waals surface area (Å²) < 4.78 is 37.6. The first kappa shape index (κ1) is 22.3. The maximum Gasteiger partial charge on any atom is 0.346 e. The predicted molar refractivity (Wildman–Crippen MR) is 98.4 cm³/mol. The Bertz CT molecular complexity index is 799. The molecule has 28 heavy (non-hydrogen) atoms. The molecule has 2 aliphatic heterocycles. The van der Waals surface area contributed by atoms with Crippen molar-refractivity contribution in [1.29, 1.82) is 0 Å². The molecule has 158 valence electrons. The number of carbonyl (C=O) groups excluding carboxylic acids is 1. The SMILES string of the molecule is CC[NH+](CC)CC.O=C1N2CC(n3cc(CO)cn3)=CC(C2)N1OS(=O)(=O)[O-]. The van der Waals surface area contributed by atoms with E-state index in [1.165, 1.54) is 35.4 Å². The maximum atomic E-state index is 11.9. The van der Waals surface area contributed by atoms with Crippen LogP contribution in [-0.2, 0) is 21.3 Å². The molecule has 0 spiro atoms. The summed E-state index contributed by atoms with van der Waals surface area (Å²) in [4.78, 5) is 14.9. The Kier molecular flexibility index (Phi) is 7.55. The summed E-state index contributed by atoms with van der Waals surface area (Å²) in [6.45, 7) is 10.7. The van der Waals surface area contributed by atoms with Crippen LogP contribution in [0.2, 0.25) is 0 Å². The van der Waals surface area contributed by atoms with E-state index in [9.17, 15) is 17.8 Å². The van der Waals surface area contributed by atoms with E-state index < -0.39 is 22.5 Å². The lowest BCUT2D eigenvalue weighted by Gasteiger charge is -2.21. The lowest BCUT2D eigenvalue weighted by molar-refractivity contribution is -0.894. The topological polar surface area (TPSA) is 132 Å². The molecular formula is C16H27N5O6S. The van der Waals surface area contributed by atoms with Gasteiger partial charge in [-0.05, 0) is 26.8 Å². The summed E-state index contributed by atoms with van der Waals surface area (Å²) in [5, 5.41) is 13.6. The number of hydrogen-bond donors (Lipinski definition) is 2. The number of aliphatic hydroxyl groups excluding tert-OH is 1.